The molecule has 0 spiro atoms. The Labute approximate surface area is 165 Å². The van der Waals surface area contributed by atoms with Crippen molar-refractivity contribution < 1.29 is 14.0 Å². The molecule has 1 heterocycles. The fourth-order valence-corrected chi connectivity index (χ4v) is 3.79. The largest absolute Gasteiger partial charge is 0.350 e. The second kappa shape index (κ2) is 7.70. The summed E-state index contributed by atoms with van der Waals surface area (Å²) in [5, 5.41) is 3.03. The van der Waals surface area contributed by atoms with Crippen LogP contribution < -0.4 is 10.2 Å². The molecule has 0 aromatic heterocycles. The topological polar surface area (TPSA) is 49.4 Å². The number of nitrogens with zero attached hydrogens (tertiary/aromatic N) is 1. The Hall–Kier alpha value is -3.38. The molecule has 0 unspecified atom stereocenters. The van der Waals surface area contributed by atoms with Crippen LogP contribution in [0.25, 0.3) is 0 Å². The number of benzene rings is 3. The monoisotopic (exact) mass is 390 g/mol. The van der Waals surface area contributed by atoms with Gasteiger partial charge in [0.15, 0.2) is 0 Å². The fourth-order valence-electron chi connectivity index (χ4n) is 2.84. The van der Waals surface area contributed by atoms with E-state index in [1.54, 1.807) is 18.2 Å². The van der Waals surface area contributed by atoms with Crippen molar-refractivity contribution in [3.63, 3.8) is 0 Å². The maximum Gasteiger partial charge on any atom is 0.283 e. The van der Waals surface area contributed by atoms with Crippen molar-refractivity contribution in [3.8, 4) is 0 Å². The number of para-hydroxylation sites is 2. The number of hydrogen-bond acceptors (Lipinski definition) is 4. The van der Waals surface area contributed by atoms with Gasteiger partial charge in [0.05, 0.1) is 5.69 Å². The summed E-state index contributed by atoms with van der Waals surface area (Å²) in [4.78, 5) is 28.1. The molecule has 4 nitrogen and oxygen atoms in total. The molecule has 0 aliphatic carbocycles. The number of thioether (sulfide) groups is 1. The van der Waals surface area contributed by atoms with E-state index in [1.807, 2.05) is 48.5 Å². The van der Waals surface area contributed by atoms with E-state index in [2.05, 4.69) is 5.32 Å². The van der Waals surface area contributed by atoms with Crippen LogP contribution in [0.3, 0.4) is 0 Å². The zero-order valence-corrected chi connectivity index (χ0v) is 15.4. The van der Waals surface area contributed by atoms with E-state index in [1.165, 1.54) is 30.0 Å². The van der Waals surface area contributed by atoms with Gasteiger partial charge in [0.1, 0.15) is 16.4 Å². The number of carbonyl (C=O) groups is 2. The van der Waals surface area contributed by atoms with Crippen LogP contribution in [0, 0.1) is 5.82 Å². The van der Waals surface area contributed by atoms with E-state index < -0.39 is 17.6 Å². The minimum atomic E-state index is -0.630. The van der Waals surface area contributed by atoms with Crippen LogP contribution in [-0.2, 0) is 9.59 Å². The van der Waals surface area contributed by atoms with Crippen LogP contribution in [0.1, 0.15) is 0 Å². The number of amides is 2. The van der Waals surface area contributed by atoms with Crippen molar-refractivity contribution >= 4 is 35.0 Å². The number of anilines is 2. The van der Waals surface area contributed by atoms with Crippen LogP contribution >= 0.6 is 11.8 Å². The summed E-state index contributed by atoms with van der Waals surface area (Å²) in [6.45, 7) is 0. The highest BCUT2D eigenvalue weighted by Crippen LogP contribution is 2.38. The molecule has 1 aliphatic heterocycles. The predicted molar refractivity (Wildman–Crippen MR) is 108 cm³/mol. The molecule has 3 aromatic rings. The van der Waals surface area contributed by atoms with E-state index in [-0.39, 0.29) is 16.3 Å². The van der Waals surface area contributed by atoms with Crippen molar-refractivity contribution in [2.24, 2.45) is 0 Å². The molecule has 6 heteroatoms. The number of nitrogens with one attached hydrogen (secondary N) is 1. The van der Waals surface area contributed by atoms with Gasteiger partial charge >= 0.3 is 0 Å². The quantitative estimate of drug-likeness (QED) is 0.635. The van der Waals surface area contributed by atoms with Gasteiger partial charge in [-0.05, 0) is 36.4 Å². The minimum absolute atomic E-state index is 0.0616. The van der Waals surface area contributed by atoms with E-state index in [4.69, 9.17) is 0 Å². The fraction of sp³-hybridized carbons (Fsp3) is 0. The second-order valence-electron chi connectivity index (χ2n) is 6.01. The number of rotatable bonds is 5. The van der Waals surface area contributed by atoms with Gasteiger partial charge in [0, 0.05) is 10.6 Å². The molecule has 0 saturated carbocycles. The molecular weight excluding hydrogens is 375 g/mol. The molecule has 0 bridgehead atoms. The molecule has 0 fully saturated rings. The van der Waals surface area contributed by atoms with Crippen molar-refractivity contribution in [3.05, 3.63) is 101 Å². The maximum absolute atomic E-state index is 14.3. The highest BCUT2D eigenvalue weighted by Gasteiger charge is 2.41. The highest BCUT2D eigenvalue weighted by atomic mass is 32.2. The lowest BCUT2D eigenvalue weighted by molar-refractivity contribution is -0.120. The standard InChI is InChI=1S/C22H15FN2O2S/c23-17-13-7-8-14-18(17)25-21(26)19(24-15-9-3-1-4-10-15)20(22(25)27)28-16-11-5-2-6-12-16/h1-14,24H. The summed E-state index contributed by atoms with van der Waals surface area (Å²) >= 11 is 1.18. The Morgan fingerprint density at radius 1 is 0.750 bits per heavy atom. The lowest BCUT2D eigenvalue weighted by atomic mass is 10.2. The summed E-state index contributed by atoms with van der Waals surface area (Å²) in [6.07, 6.45) is 0. The van der Waals surface area contributed by atoms with Gasteiger partial charge in [-0.2, -0.15) is 0 Å². The molecule has 1 aliphatic rings. The van der Waals surface area contributed by atoms with E-state index in [9.17, 15) is 14.0 Å². The molecule has 0 saturated heterocycles. The summed E-state index contributed by atoms with van der Waals surface area (Å²) in [5.74, 6) is -1.77. The van der Waals surface area contributed by atoms with Crippen molar-refractivity contribution in [2.45, 2.75) is 4.90 Å². The zero-order chi connectivity index (χ0) is 19.5. The molecule has 0 atom stereocenters. The van der Waals surface area contributed by atoms with Crippen LogP contribution in [0.15, 0.2) is 100 Å². The minimum Gasteiger partial charge on any atom is -0.350 e. The van der Waals surface area contributed by atoms with Gasteiger partial charge < -0.3 is 5.32 Å². The Balaban J connectivity index is 1.76. The third kappa shape index (κ3) is 3.42. The first-order chi connectivity index (χ1) is 13.6. The summed E-state index contributed by atoms with van der Waals surface area (Å²) in [7, 11) is 0. The number of halogens is 1. The maximum atomic E-state index is 14.3. The van der Waals surface area contributed by atoms with Gasteiger partial charge in [-0.25, -0.2) is 9.29 Å². The number of carbonyl (C=O) groups excluding carboxylic acids is 2. The van der Waals surface area contributed by atoms with Gasteiger partial charge in [0.2, 0.25) is 0 Å². The average molecular weight is 390 g/mol. The Morgan fingerprint density at radius 3 is 2.04 bits per heavy atom. The summed E-state index contributed by atoms with van der Waals surface area (Å²) < 4.78 is 14.3. The lowest BCUT2D eigenvalue weighted by Crippen LogP contribution is -2.33. The van der Waals surface area contributed by atoms with Crippen molar-refractivity contribution in [1.82, 2.24) is 0 Å². The number of hydrogen-bond donors (Lipinski definition) is 1. The SMILES string of the molecule is O=C1C(Nc2ccccc2)=C(Sc2ccccc2)C(=O)N1c1ccccc1F. The molecule has 28 heavy (non-hydrogen) atoms. The molecule has 138 valence electrons. The normalized spacial score (nSPS) is 14.0. The van der Waals surface area contributed by atoms with Gasteiger partial charge in [0.25, 0.3) is 11.8 Å². The molecule has 0 radical (unpaired) electrons. The molecule has 2 amide bonds. The zero-order valence-electron chi connectivity index (χ0n) is 14.6. The first kappa shape index (κ1) is 18.0. The first-order valence-electron chi connectivity index (χ1n) is 8.58. The van der Waals surface area contributed by atoms with E-state index >= 15 is 0 Å². The highest BCUT2D eigenvalue weighted by molar-refractivity contribution is 8.04. The predicted octanol–water partition coefficient (Wildman–Crippen LogP) is 4.81. The Morgan fingerprint density at radius 2 is 1.36 bits per heavy atom. The van der Waals surface area contributed by atoms with Crippen molar-refractivity contribution in [2.75, 3.05) is 10.2 Å². The Bertz CT molecular complexity index is 1000. The van der Waals surface area contributed by atoms with E-state index in [0.717, 1.165) is 9.80 Å². The van der Waals surface area contributed by atoms with Crippen LogP contribution in [-0.4, -0.2) is 11.8 Å². The van der Waals surface area contributed by atoms with Crippen LogP contribution in [0.4, 0.5) is 15.8 Å². The van der Waals surface area contributed by atoms with Crippen LogP contribution in [0.5, 0.6) is 0 Å². The molecule has 4 rings (SSSR count). The summed E-state index contributed by atoms with van der Waals surface area (Å²) in [5.41, 5.74) is 0.738. The lowest BCUT2D eigenvalue weighted by Gasteiger charge is -2.15. The molecule has 3 aromatic carbocycles. The summed E-state index contributed by atoms with van der Waals surface area (Å²) in [6, 6.07) is 24.1. The second-order valence-corrected chi connectivity index (χ2v) is 7.09. The molecule has 1 N–H and O–H groups in total. The average Bonchev–Trinajstić information content (AvgIpc) is 2.94. The third-order valence-electron chi connectivity index (χ3n) is 4.14. The van der Waals surface area contributed by atoms with Crippen LogP contribution in [0.2, 0.25) is 0 Å². The Kier molecular flexibility index (Phi) is 4.95. The van der Waals surface area contributed by atoms with Gasteiger partial charge in [-0.15, -0.1) is 0 Å². The molecular formula is C22H15FN2O2S. The van der Waals surface area contributed by atoms with E-state index in [0.29, 0.717) is 5.69 Å². The smallest absolute Gasteiger partial charge is 0.283 e. The first-order valence-corrected chi connectivity index (χ1v) is 9.39. The number of imide groups is 1. The van der Waals surface area contributed by atoms with Gasteiger partial charge in [-0.1, -0.05) is 60.3 Å². The van der Waals surface area contributed by atoms with Gasteiger partial charge in [-0.3, -0.25) is 9.59 Å². The third-order valence-corrected chi connectivity index (χ3v) is 5.23. The van der Waals surface area contributed by atoms with Crippen molar-refractivity contribution in [1.29, 1.82) is 0 Å².